The first kappa shape index (κ1) is 28.5. The van der Waals surface area contributed by atoms with Gasteiger partial charge in [0.2, 0.25) is 5.91 Å². The van der Waals surface area contributed by atoms with Gasteiger partial charge in [-0.1, -0.05) is 53.6 Å². The lowest BCUT2D eigenvalue weighted by molar-refractivity contribution is -0.114. The van der Waals surface area contributed by atoms with Gasteiger partial charge in [0.05, 0.1) is 22.9 Å². The third-order valence-corrected chi connectivity index (χ3v) is 8.99. The fourth-order valence-electron chi connectivity index (χ4n) is 3.79. The molecule has 1 amide bonds. The van der Waals surface area contributed by atoms with E-state index in [0.717, 1.165) is 20.3 Å². The van der Waals surface area contributed by atoms with Gasteiger partial charge in [0, 0.05) is 15.7 Å². The topological polar surface area (TPSA) is 75.7 Å². The third kappa shape index (κ3) is 7.56. The van der Waals surface area contributed by atoms with Gasteiger partial charge in [0.1, 0.15) is 12.3 Å². The van der Waals surface area contributed by atoms with Crippen molar-refractivity contribution >= 4 is 50.7 Å². The molecule has 0 saturated heterocycles. The predicted molar refractivity (Wildman–Crippen MR) is 159 cm³/mol. The number of para-hydroxylation sites is 1. The van der Waals surface area contributed by atoms with Crippen LogP contribution in [0.4, 0.5) is 11.4 Å². The number of sulfonamides is 1. The second-order valence-corrected chi connectivity index (χ2v) is 12.0. The molecule has 0 fully saturated rings. The van der Waals surface area contributed by atoms with Crippen molar-refractivity contribution in [3.63, 3.8) is 0 Å². The number of nitrogens with zero attached hydrogens (tertiary/aromatic N) is 1. The molecule has 1 N–H and O–H groups in total. The Balaban J connectivity index is 1.56. The average Bonchev–Trinajstić information content (AvgIpc) is 2.93. The summed E-state index contributed by atoms with van der Waals surface area (Å²) in [6.45, 7) is 3.84. The summed E-state index contributed by atoms with van der Waals surface area (Å²) in [5, 5.41) is 3.58. The van der Waals surface area contributed by atoms with Crippen LogP contribution in [-0.2, 0) is 20.6 Å². The molecule has 0 aliphatic carbocycles. The minimum Gasteiger partial charge on any atom is -0.494 e. The maximum atomic E-state index is 13.7. The van der Waals surface area contributed by atoms with Gasteiger partial charge in [-0.2, -0.15) is 0 Å². The predicted octanol–water partition coefficient (Wildman–Crippen LogP) is 7.17. The van der Waals surface area contributed by atoms with Crippen LogP contribution in [0, 0.1) is 6.92 Å². The molecule has 0 heterocycles. The number of benzene rings is 4. The maximum Gasteiger partial charge on any atom is 0.264 e. The van der Waals surface area contributed by atoms with E-state index in [2.05, 4.69) is 5.32 Å². The van der Waals surface area contributed by atoms with Crippen molar-refractivity contribution in [2.24, 2.45) is 0 Å². The molecule has 6 nitrogen and oxygen atoms in total. The standard InChI is InChI=1S/C30H29ClN2O4S2/c1-3-37-26-16-14-25(15-17-26)33(39(35,36)27-18-8-22(2)9-19-27)20-30(34)32-28-6-4-5-7-29(28)38-21-23-10-12-24(31)13-11-23/h4-19H,3,20-21H2,1-2H3,(H,32,34). The zero-order valence-electron chi connectivity index (χ0n) is 21.6. The van der Waals surface area contributed by atoms with Crippen molar-refractivity contribution in [1.29, 1.82) is 0 Å². The van der Waals surface area contributed by atoms with E-state index in [9.17, 15) is 13.2 Å². The molecule has 4 aromatic carbocycles. The van der Waals surface area contributed by atoms with Gasteiger partial charge < -0.3 is 10.1 Å². The molecule has 4 aromatic rings. The third-order valence-electron chi connectivity index (χ3n) is 5.80. The first-order chi connectivity index (χ1) is 18.8. The van der Waals surface area contributed by atoms with Gasteiger partial charge in [-0.15, -0.1) is 11.8 Å². The Bertz CT molecular complexity index is 1510. The number of carbonyl (C=O) groups excluding carboxylic acids is 1. The number of thioether (sulfide) groups is 1. The molecule has 0 aromatic heterocycles. The van der Waals surface area contributed by atoms with Crippen molar-refractivity contribution in [2.45, 2.75) is 29.4 Å². The summed E-state index contributed by atoms with van der Waals surface area (Å²) < 4.78 is 34.0. The minimum atomic E-state index is -4.03. The van der Waals surface area contributed by atoms with Gasteiger partial charge in [0.15, 0.2) is 0 Å². The average molecular weight is 581 g/mol. The molecule has 202 valence electrons. The molecule has 0 radical (unpaired) electrons. The van der Waals surface area contributed by atoms with E-state index in [4.69, 9.17) is 16.3 Å². The summed E-state index contributed by atoms with van der Waals surface area (Å²) in [6, 6.07) is 28.3. The normalized spacial score (nSPS) is 11.2. The van der Waals surface area contributed by atoms with Gasteiger partial charge in [0.25, 0.3) is 10.0 Å². The summed E-state index contributed by atoms with van der Waals surface area (Å²) in [6.07, 6.45) is 0. The Hall–Kier alpha value is -3.46. The Morgan fingerprint density at radius 2 is 1.59 bits per heavy atom. The number of amides is 1. The lowest BCUT2D eigenvalue weighted by atomic mass is 10.2. The van der Waals surface area contributed by atoms with Crippen LogP contribution in [0.5, 0.6) is 5.75 Å². The van der Waals surface area contributed by atoms with Gasteiger partial charge >= 0.3 is 0 Å². The Morgan fingerprint density at radius 3 is 2.26 bits per heavy atom. The number of nitrogens with one attached hydrogen (secondary N) is 1. The summed E-state index contributed by atoms with van der Waals surface area (Å²) in [5.74, 6) is 0.841. The Labute approximate surface area is 239 Å². The van der Waals surface area contributed by atoms with Gasteiger partial charge in [-0.3, -0.25) is 9.10 Å². The van der Waals surface area contributed by atoms with E-state index in [1.165, 1.54) is 0 Å². The quantitative estimate of drug-likeness (QED) is 0.190. The molecule has 0 spiro atoms. The highest BCUT2D eigenvalue weighted by Crippen LogP contribution is 2.31. The molecular weight excluding hydrogens is 552 g/mol. The van der Waals surface area contributed by atoms with E-state index in [0.29, 0.717) is 34.5 Å². The van der Waals surface area contributed by atoms with Crippen LogP contribution in [0.3, 0.4) is 0 Å². The van der Waals surface area contributed by atoms with E-state index in [1.807, 2.05) is 56.3 Å². The highest BCUT2D eigenvalue weighted by atomic mass is 35.5. The van der Waals surface area contributed by atoms with Crippen molar-refractivity contribution in [2.75, 3.05) is 22.8 Å². The van der Waals surface area contributed by atoms with Crippen molar-refractivity contribution < 1.29 is 17.9 Å². The van der Waals surface area contributed by atoms with Crippen LogP contribution in [0.25, 0.3) is 0 Å². The smallest absolute Gasteiger partial charge is 0.264 e. The number of anilines is 2. The number of aryl methyl sites for hydroxylation is 1. The minimum absolute atomic E-state index is 0.105. The highest BCUT2D eigenvalue weighted by Gasteiger charge is 2.27. The SMILES string of the molecule is CCOc1ccc(N(CC(=O)Nc2ccccc2SCc2ccc(Cl)cc2)S(=O)(=O)c2ccc(C)cc2)cc1. The lowest BCUT2D eigenvalue weighted by Crippen LogP contribution is -2.38. The van der Waals surface area contributed by atoms with E-state index in [-0.39, 0.29) is 4.90 Å². The van der Waals surface area contributed by atoms with Gasteiger partial charge in [-0.25, -0.2) is 8.42 Å². The molecule has 0 aliphatic rings. The van der Waals surface area contributed by atoms with Crippen LogP contribution >= 0.6 is 23.4 Å². The monoisotopic (exact) mass is 580 g/mol. The zero-order valence-corrected chi connectivity index (χ0v) is 24.0. The Morgan fingerprint density at radius 1 is 0.923 bits per heavy atom. The number of halogens is 1. The largest absolute Gasteiger partial charge is 0.494 e. The number of hydrogen-bond donors (Lipinski definition) is 1. The molecule has 39 heavy (non-hydrogen) atoms. The van der Waals surface area contributed by atoms with Crippen LogP contribution in [0.1, 0.15) is 18.1 Å². The molecule has 4 rings (SSSR count). The van der Waals surface area contributed by atoms with Gasteiger partial charge in [-0.05, 0) is 80.1 Å². The summed E-state index contributed by atoms with van der Waals surface area (Å²) in [5.41, 5.74) is 3.00. The fourth-order valence-corrected chi connectivity index (χ4v) is 6.30. The molecular formula is C30H29ClN2O4S2. The summed E-state index contributed by atoms with van der Waals surface area (Å²) in [4.78, 5) is 14.3. The molecule has 9 heteroatoms. The second kappa shape index (κ2) is 13.1. The first-order valence-electron chi connectivity index (χ1n) is 12.3. The molecule has 0 atom stereocenters. The van der Waals surface area contributed by atoms with Crippen LogP contribution in [-0.4, -0.2) is 27.5 Å². The molecule has 0 saturated carbocycles. The van der Waals surface area contributed by atoms with E-state index in [1.54, 1.807) is 66.4 Å². The summed E-state index contributed by atoms with van der Waals surface area (Å²) >= 11 is 7.56. The van der Waals surface area contributed by atoms with Crippen LogP contribution in [0.2, 0.25) is 5.02 Å². The Kier molecular flexibility index (Phi) is 9.56. The second-order valence-electron chi connectivity index (χ2n) is 8.71. The van der Waals surface area contributed by atoms with Crippen LogP contribution in [0.15, 0.2) is 107 Å². The van der Waals surface area contributed by atoms with Crippen LogP contribution < -0.4 is 14.4 Å². The number of carbonyl (C=O) groups is 1. The number of hydrogen-bond acceptors (Lipinski definition) is 5. The lowest BCUT2D eigenvalue weighted by Gasteiger charge is -2.24. The maximum absolute atomic E-state index is 13.7. The van der Waals surface area contributed by atoms with Crippen molar-refractivity contribution in [3.05, 3.63) is 113 Å². The number of rotatable bonds is 11. The fraction of sp³-hybridized carbons (Fsp3) is 0.167. The summed E-state index contributed by atoms with van der Waals surface area (Å²) in [7, 11) is -4.03. The zero-order chi connectivity index (χ0) is 27.8. The van der Waals surface area contributed by atoms with Crippen molar-refractivity contribution in [3.8, 4) is 5.75 Å². The van der Waals surface area contributed by atoms with E-state index < -0.39 is 22.5 Å². The van der Waals surface area contributed by atoms with Crippen molar-refractivity contribution in [1.82, 2.24) is 0 Å². The molecule has 0 aliphatic heterocycles. The highest BCUT2D eigenvalue weighted by molar-refractivity contribution is 7.98. The first-order valence-corrected chi connectivity index (χ1v) is 15.1. The number of ether oxygens (including phenoxy) is 1. The molecule has 0 unspecified atom stereocenters. The van der Waals surface area contributed by atoms with E-state index >= 15 is 0 Å². The molecule has 0 bridgehead atoms.